The monoisotopic (exact) mass is 446 g/mol. The van der Waals surface area contributed by atoms with E-state index in [1.54, 1.807) is 0 Å². The molecular formula is C19H19Cl2F3N4O. The minimum Gasteiger partial charge on any atom is -0.347 e. The molecule has 0 spiro atoms. The average Bonchev–Trinajstić information content (AvgIpc) is 3.12. The molecule has 2 heterocycles. The predicted molar refractivity (Wildman–Crippen MR) is 108 cm³/mol. The van der Waals surface area contributed by atoms with E-state index >= 15 is 0 Å². The summed E-state index contributed by atoms with van der Waals surface area (Å²) in [6.07, 6.45) is 2.05. The summed E-state index contributed by atoms with van der Waals surface area (Å²) in [5, 5.41) is 6.07. The Kier molecular flexibility index (Phi) is 7.51. The number of halogens is 5. The molecule has 5 nitrogen and oxygen atoms in total. The van der Waals surface area contributed by atoms with Crippen LogP contribution in [0.1, 0.15) is 28.3 Å². The van der Waals surface area contributed by atoms with Gasteiger partial charge in [0.2, 0.25) is 0 Å². The zero-order chi connectivity index (χ0) is 19.0. The van der Waals surface area contributed by atoms with E-state index in [4.69, 9.17) is 0 Å². The Bertz CT molecular complexity index is 1010. The van der Waals surface area contributed by atoms with Gasteiger partial charge in [0.15, 0.2) is 11.6 Å². The van der Waals surface area contributed by atoms with Crippen LogP contribution in [-0.4, -0.2) is 35.0 Å². The third-order valence-corrected chi connectivity index (χ3v) is 4.90. The molecule has 1 aliphatic heterocycles. The van der Waals surface area contributed by atoms with Gasteiger partial charge < -0.3 is 15.6 Å². The Labute approximate surface area is 177 Å². The van der Waals surface area contributed by atoms with Crippen molar-refractivity contribution < 1.29 is 18.0 Å². The normalized spacial score (nSPS) is 18.6. The first-order chi connectivity index (χ1) is 13.0. The summed E-state index contributed by atoms with van der Waals surface area (Å²) in [7, 11) is 0. The standard InChI is InChI=1S/C19H17F3N4O.2ClH/c20-11-6-13(18-16(7-11)24-9-25-18)19(27)26-17-8-23-4-3-12(17)10-1-2-14(21)15(22)5-10;;/h1-2,5-7,9,12,17,23H,3-4,8H2,(H,24,25)(H,26,27);2*1H. The molecule has 2 atom stereocenters. The van der Waals surface area contributed by atoms with Crippen molar-refractivity contribution in [3.8, 4) is 0 Å². The molecule has 1 saturated heterocycles. The second-order valence-electron chi connectivity index (χ2n) is 6.60. The number of aromatic nitrogens is 2. The van der Waals surface area contributed by atoms with Crippen molar-refractivity contribution in [2.75, 3.05) is 13.1 Å². The Morgan fingerprint density at radius 2 is 1.90 bits per heavy atom. The van der Waals surface area contributed by atoms with E-state index in [9.17, 15) is 18.0 Å². The molecule has 4 rings (SSSR count). The molecule has 10 heteroatoms. The summed E-state index contributed by atoms with van der Waals surface area (Å²) in [6, 6.07) is 5.84. The number of hydrogen-bond acceptors (Lipinski definition) is 3. The molecule has 3 aromatic rings. The maximum absolute atomic E-state index is 13.8. The Morgan fingerprint density at radius 3 is 2.66 bits per heavy atom. The van der Waals surface area contributed by atoms with Gasteiger partial charge in [-0.25, -0.2) is 18.2 Å². The molecule has 2 unspecified atom stereocenters. The summed E-state index contributed by atoms with van der Waals surface area (Å²) >= 11 is 0. The number of piperidine rings is 1. The molecule has 156 valence electrons. The number of nitrogens with zero attached hydrogens (tertiary/aromatic N) is 1. The largest absolute Gasteiger partial charge is 0.347 e. The molecule has 0 aliphatic carbocycles. The molecule has 0 radical (unpaired) electrons. The van der Waals surface area contributed by atoms with E-state index in [1.807, 2.05) is 0 Å². The molecule has 0 saturated carbocycles. The first-order valence-electron chi connectivity index (χ1n) is 8.62. The van der Waals surface area contributed by atoms with Crippen molar-refractivity contribution in [3.63, 3.8) is 0 Å². The zero-order valence-corrected chi connectivity index (χ0v) is 16.7. The van der Waals surface area contributed by atoms with Gasteiger partial charge in [0.1, 0.15) is 11.3 Å². The smallest absolute Gasteiger partial charge is 0.253 e. The number of amides is 1. The van der Waals surface area contributed by atoms with Crippen LogP contribution in [0, 0.1) is 17.5 Å². The summed E-state index contributed by atoms with van der Waals surface area (Å²) in [6.45, 7) is 1.16. The van der Waals surface area contributed by atoms with Crippen LogP contribution >= 0.6 is 24.8 Å². The average molecular weight is 447 g/mol. The molecular weight excluding hydrogens is 428 g/mol. The first-order valence-corrected chi connectivity index (χ1v) is 8.62. The number of H-pyrrole nitrogens is 1. The summed E-state index contributed by atoms with van der Waals surface area (Å²) in [5.74, 6) is -3.02. The predicted octanol–water partition coefficient (Wildman–Crippen LogP) is 3.70. The number of benzene rings is 2. The molecule has 1 fully saturated rings. The second kappa shape index (κ2) is 9.47. The second-order valence-corrected chi connectivity index (χ2v) is 6.60. The number of hydrogen-bond donors (Lipinski definition) is 3. The highest BCUT2D eigenvalue weighted by Crippen LogP contribution is 2.27. The van der Waals surface area contributed by atoms with E-state index in [-0.39, 0.29) is 42.3 Å². The van der Waals surface area contributed by atoms with E-state index in [0.717, 1.165) is 12.1 Å². The molecule has 0 bridgehead atoms. The Balaban J connectivity index is 0.00000150. The maximum atomic E-state index is 13.8. The van der Waals surface area contributed by atoms with Crippen molar-refractivity contribution in [1.29, 1.82) is 0 Å². The fourth-order valence-corrected chi connectivity index (χ4v) is 3.59. The highest BCUT2D eigenvalue weighted by molar-refractivity contribution is 6.05. The number of carbonyl (C=O) groups excluding carboxylic acids is 1. The van der Waals surface area contributed by atoms with Crippen LogP contribution in [0.25, 0.3) is 11.0 Å². The van der Waals surface area contributed by atoms with Gasteiger partial charge in [-0.2, -0.15) is 0 Å². The van der Waals surface area contributed by atoms with E-state index in [1.165, 1.54) is 24.5 Å². The topological polar surface area (TPSA) is 69.8 Å². The van der Waals surface area contributed by atoms with Crippen LogP contribution in [0.4, 0.5) is 13.2 Å². The highest BCUT2D eigenvalue weighted by atomic mass is 35.5. The molecule has 2 aromatic carbocycles. The van der Waals surface area contributed by atoms with Crippen molar-refractivity contribution in [2.45, 2.75) is 18.4 Å². The van der Waals surface area contributed by atoms with Crippen molar-refractivity contribution in [1.82, 2.24) is 20.6 Å². The molecule has 3 N–H and O–H groups in total. The van der Waals surface area contributed by atoms with Gasteiger partial charge in [-0.1, -0.05) is 6.07 Å². The third kappa shape index (κ3) is 4.66. The lowest BCUT2D eigenvalue weighted by Gasteiger charge is -2.33. The van der Waals surface area contributed by atoms with Gasteiger partial charge in [-0.3, -0.25) is 4.79 Å². The summed E-state index contributed by atoms with van der Waals surface area (Å²) < 4.78 is 40.7. The van der Waals surface area contributed by atoms with Crippen LogP contribution in [0.3, 0.4) is 0 Å². The lowest BCUT2D eigenvalue weighted by molar-refractivity contribution is 0.0925. The maximum Gasteiger partial charge on any atom is 0.253 e. The number of nitrogens with one attached hydrogen (secondary N) is 3. The van der Waals surface area contributed by atoms with Crippen molar-refractivity contribution in [3.05, 3.63) is 65.2 Å². The third-order valence-electron chi connectivity index (χ3n) is 4.90. The van der Waals surface area contributed by atoms with Crippen LogP contribution < -0.4 is 10.6 Å². The molecule has 29 heavy (non-hydrogen) atoms. The number of carbonyl (C=O) groups is 1. The van der Waals surface area contributed by atoms with Gasteiger partial charge in [0.05, 0.1) is 17.4 Å². The van der Waals surface area contributed by atoms with Crippen LogP contribution in [0.5, 0.6) is 0 Å². The molecule has 1 aliphatic rings. The molecule has 1 amide bonds. The van der Waals surface area contributed by atoms with E-state index in [2.05, 4.69) is 20.6 Å². The van der Waals surface area contributed by atoms with E-state index in [0.29, 0.717) is 36.1 Å². The quantitative estimate of drug-likeness (QED) is 0.574. The minimum atomic E-state index is -0.917. The van der Waals surface area contributed by atoms with E-state index < -0.39 is 23.4 Å². The van der Waals surface area contributed by atoms with Gasteiger partial charge in [-0.05, 0) is 42.8 Å². The summed E-state index contributed by atoms with van der Waals surface area (Å²) in [5.41, 5.74) is 1.55. The fraction of sp³-hybridized carbons (Fsp3) is 0.263. The van der Waals surface area contributed by atoms with Gasteiger partial charge in [0.25, 0.3) is 5.91 Å². The van der Waals surface area contributed by atoms with Gasteiger partial charge in [0, 0.05) is 18.5 Å². The van der Waals surface area contributed by atoms with Crippen LogP contribution in [0.2, 0.25) is 0 Å². The minimum absolute atomic E-state index is 0. The lowest BCUT2D eigenvalue weighted by Crippen LogP contribution is -2.50. The van der Waals surface area contributed by atoms with Crippen molar-refractivity contribution in [2.24, 2.45) is 0 Å². The Morgan fingerprint density at radius 1 is 1.10 bits per heavy atom. The number of aromatic amines is 1. The lowest BCUT2D eigenvalue weighted by atomic mass is 9.85. The zero-order valence-electron chi connectivity index (χ0n) is 15.0. The first kappa shape index (κ1) is 23.0. The Hall–Kier alpha value is -2.29. The fourth-order valence-electron chi connectivity index (χ4n) is 3.59. The van der Waals surface area contributed by atoms with Gasteiger partial charge >= 0.3 is 0 Å². The van der Waals surface area contributed by atoms with Gasteiger partial charge in [-0.15, -0.1) is 24.8 Å². The number of fused-ring (bicyclic) bond motifs is 1. The number of imidazole rings is 1. The SMILES string of the molecule is Cl.Cl.O=C(NC1CNCCC1c1ccc(F)c(F)c1)c1cc(F)cc2[nH]cnc12. The number of rotatable bonds is 3. The van der Waals surface area contributed by atoms with Crippen LogP contribution in [-0.2, 0) is 0 Å². The molecule has 1 aromatic heterocycles. The van der Waals surface area contributed by atoms with Crippen molar-refractivity contribution >= 4 is 41.8 Å². The summed E-state index contributed by atoms with van der Waals surface area (Å²) in [4.78, 5) is 19.6. The highest BCUT2D eigenvalue weighted by Gasteiger charge is 2.29. The van der Waals surface area contributed by atoms with Crippen LogP contribution in [0.15, 0.2) is 36.7 Å².